The van der Waals surface area contributed by atoms with Crippen LogP contribution in [0.3, 0.4) is 0 Å². The smallest absolute Gasteiger partial charge is 0.225 e. The second-order valence-electron chi connectivity index (χ2n) is 2.99. The predicted octanol–water partition coefficient (Wildman–Crippen LogP) is 1.76. The summed E-state index contributed by atoms with van der Waals surface area (Å²) >= 11 is 6.95. The fourth-order valence-electron chi connectivity index (χ4n) is 1.21. The highest BCUT2D eigenvalue weighted by Gasteiger charge is 2.08. The Morgan fingerprint density at radius 3 is 2.93 bits per heavy atom. The van der Waals surface area contributed by atoms with Gasteiger partial charge in [-0.25, -0.2) is 5.10 Å². The summed E-state index contributed by atoms with van der Waals surface area (Å²) in [6, 6.07) is 0. The minimum atomic E-state index is 0.693. The van der Waals surface area contributed by atoms with E-state index in [0.717, 1.165) is 24.8 Å². The highest BCUT2D eigenvalue weighted by Crippen LogP contribution is 2.09. The Kier molecular flexibility index (Phi) is 4.47. The number of thioether (sulfide) groups is 1. The Morgan fingerprint density at radius 2 is 2.36 bits per heavy atom. The molecule has 0 aromatic carbocycles. The number of aromatic amines is 1. The quantitative estimate of drug-likeness (QED) is 0.785. The summed E-state index contributed by atoms with van der Waals surface area (Å²) in [6.07, 6.45) is 2.10. The molecule has 1 aromatic rings. The summed E-state index contributed by atoms with van der Waals surface area (Å²) in [5.74, 6) is 2.02. The molecule has 1 rings (SSSR count). The molecule has 0 saturated heterocycles. The van der Waals surface area contributed by atoms with Gasteiger partial charge in [-0.3, -0.25) is 4.57 Å². The molecule has 1 aromatic heterocycles. The van der Waals surface area contributed by atoms with Crippen LogP contribution in [0.1, 0.15) is 6.92 Å². The Labute approximate surface area is 93.7 Å². The van der Waals surface area contributed by atoms with E-state index < -0.39 is 0 Å². The molecule has 0 spiro atoms. The van der Waals surface area contributed by atoms with Crippen molar-refractivity contribution in [2.24, 2.45) is 0 Å². The largest absolute Gasteiger partial charge is 0.343 e. The van der Waals surface area contributed by atoms with Gasteiger partial charge in [-0.05, 0) is 25.4 Å². The Hall–Kier alpha value is -0.490. The highest BCUT2D eigenvalue weighted by molar-refractivity contribution is 7.98. The second-order valence-corrected chi connectivity index (χ2v) is 4.36. The zero-order valence-electron chi connectivity index (χ0n) is 8.78. The number of nitrogens with zero attached hydrogens (tertiary/aromatic N) is 3. The summed E-state index contributed by atoms with van der Waals surface area (Å²) in [6.45, 7) is 3.91. The van der Waals surface area contributed by atoms with Gasteiger partial charge in [0.25, 0.3) is 0 Å². The SMILES string of the molecule is CCn1c(N(C)CCSC)n[nH]c1=S. The van der Waals surface area contributed by atoms with Crippen molar-refractivity contribution in [3.63, 3.8) is 0 Å². The molecule has 0 fully saturated rings. The van der Waals surface area contributed by atoms with Gasteiger partial charge in [0.05, 0.1) is 0 Å². The highest BCUT2D eigenvalue weighted by atomic mass is 32.2. The van der Waals surface area contributed by atoms with Gasteiger partial charge < -0.3 is 4.90 Å². The fourth-order valence-corrected chi connectivity index (χ4v) is 1.93. The topological polar surface area (TPSA) is 36.9 Å². The molecule has 0 aliphatic heterocycles. The normalized spacial score (nSPS) is 10.5. The molecule has 0 aliphatic rings. The summed E-state index contributed by atoms with van der Waals surface area (Å²) in [4.78, 5) is 2.12. The van der Waals surface area contributed by atoms with Gasteiger partial charge in [0.1, 0.15) is 0 Å². The third kappa shape index (κ3) is 2.51. The van der Waals surface area contributed by atoms with Gasteiger partial charge in [-0.1, -0.05) is 0 Å². The molecule has 1 N–H and O–H groups in total. The lowest BCUT2D eigenvalue weighted by Crippen LogP contribution is -2.23. The fraction of sp³-hybridized carbons (Fsp3) is 0.750. The van der Waals surface area contributed by atoms with Gasteiger partial charge in [0.15, 0.2) is 4.77 Å². The van der Waals surface area contributed by atoms with Crippen LogP contribution in [0.5, 0.6) is 0 Å². The number of rotatable bonds is 5. The molecule has 6 heteroatoms. The van der Waals surface area contributed by atoms with E-state index in [9.17, 15) is 0 Å². The standard InChI is InChI=1S/C8H16N4S2/c1-4-12-7(9-10-8(12)13)11(2)5-6-14-3/h4-6H2,1-3H3,(H,10,13). The van der Waals surface area contributed by atoms with Crippen LogP contribution in [0.2, 0.25) is 0 Å². The lowest BCUT2D eigenvalue weighted by Gasteiger charge is -2.17. The molecule has 80 valence electrons. The van der Waals surface area contributed by atoms with Crippen molar-refractivity contribution in [1.29, 1.82) is 0 Å². The third-order valence-electron chi connectivity index (χ3n) is 2.03. The number of nitrogens with one attached hydrogen (secondary N) is 1. The molecule has 0 saturated carbocycles. The maximum atomic E-state index is 5.12. The first-order valence-electron chi connectivity index (χ1n) is 4.56. The van der Waals surface area contributed by atoms with E-state index >= 15 is 0 Å². The summed E-state index contributed by atoms with van der Waals surface area (Å²) in [5, 5.41) is 7.01. The van der Waals surface area contributed by atoms with Gasteiger partial charge in [0.2, 0.25) is 5.95 Å². The third-order valence-corrected chi connectivity index (χ3v) is 2.93. The number of hydrogen-bond donors (Lipinski definition) is 1. The molecule has 14 heavy (non-hydrogen) atoms. The molecule has 0 aliphatic carbocycles. The molecule has 1 heterocycles. The minimum Gasteiger partial charge on any atom is -0.343 e. The first-order valence-corrected chi connectivity index (χ1v) is 6.36. The number of hydrogen-bond acceptors (Lipinski definition) is 4. The predicted molar refractivity (Wildman–Crippen MR) is 64.7 cm³/mol. The summed E-state index contributed by atoms with van der Waals surface area (Å²) < 4.78 is 2.69. The maximum absolute atomic E-state index is 5.12. The summed E-state index contributed by atoms with van der Waals surface area (Å²) in [5.41, 5.74) is 0. The van der Waals surface area contributed by atoms with E-state index in [1.165, 1.54) is 0 Å². The van der Waals surface area contributed by atoms with Crippen LogP contribution in [-0.4, -0.2) is 40.4 Å². The van der Waals surface area contributed by atoms with Crippen LogP contribution in [0.4, 0.5) is 5.95 Å². The zero-order valence-corrected chi connectivity index (χ0v) is 10.4. The first-order chi connectivity index (χ1) is 6.70. The van der Waals surface area contributed by atoms with Crippen LogP contribution in [0.25, 0.3) is 0 Å². The molecular formula is C8H16N4S2. The van der Waals surface area contributed by atoms with Crippen LogP contribution in [-0.2, 0) is 6.54 Å². The van der Waals surface area contributed by atoms with Gasteiger partial charge >= 0.3 is 0 Å². The van der Waals surface area contributed by atoms with Crippen molar-refractivity contribution in [3.05, 3.63) is 4.77 Å². The maximum Gasteiger partial charge on any atom is 0.225 e. The van der Waals surface area contributed by atoms with Gasteiger partial charge in [-0.2, -0.15) is 11.8 Å². The van der Waals surface area contributed by atoms with E-state index in [2.05, 4.69) is 28.3 Å². The number of H-pyrrole nitrogens is 1. The molecular weight excluding hydrogens is 216 g/mol. The average molecular weight is 232 g/mol. The van der Waals surface area contributed by atoms with E-state index in [-0.39, 0.29) is 0 Å². The lowest BCUT2D eigenvalue weighted by molar-refractivity contribution is 0.725. The Balaban J connectivity index is 2.78. The first kappa shape index (κ1) is 11.6. The molecule has 0 amide bonds. The van der Waals surface area contributed by atoms with E-state index in [0.29, 0.717) is 4.77 Å². The monoisotopic (exact) mass is 232 g/mol. The van der Waals surface area contributed by atoms with Crippen molar-refractivity contribution >= 4 is 29.9 Å². The lowest BCUT2D eigenvalue weighted by atomic mass is 10.6. The van der Waals surface area contributed by atoms with Crippen molar-refractivity contribution in [2.45, 2.75) is 13.5 Å². The summed E-state index contributed by atoms with van der Waals surface area (Å²) in [7, 11) is 2.04. The van der Waals surface area contributed by atoms with Crippen LogP contribution in [0.15, 0.2) is 0 Å². The van der Waals surface area contributed by atoms with Crippen molar-refractivity contribution in [1.82, 2.24) is 14.8 Å². The minimum absolute atomic E-state index is 0.693. The number of aromatic nitrogens is 3. The van der Waals surface area contributed by atoms with Gasteiger partial charge in [0, 0.05) is 25.9 Å². The van der Waals surface area contributed by atoms with Crippen molar-refractivity contribution < 1.29 is 0 Å². The molecule has 0 unspecified atom stereocenters. The molecule has 0 radical (unpaired) electrons. The van der Waals surface area contributed by atoms with Crippen LogP contribution in [0, 0.1) is 4.77 Å². The van der Waals surface area contributed by atoms with Crippen LogP contribution < -0.4 is 4.90 Å². The molecule has 0 bridgehead atoms. The van der Waals surface area contributed by atoms with E-state index in [4.69, 9.17) is 12.2 Å². The zero-order chi connectivity index (χ0) is 10.6. The number of anilines is 1. The van der Waals surface area contributed by atoms with Gasteiger partial charge in [-0.15, -0.1) is 5.10 Å². The van der Waals surface area contributed by atoms with E-state index in [1.807, 2.05) is 23.4 Å². The average Bonchev–Trinajstić information content (AvgIpc) is 2.55. The van der Waals surface area contributed by atoms with Crippen LogP contribution >= 0.6 is 24.0 Å². The van der Waals surface area contributed by atoms with E-state index in [1.54, 1.807) is 0 Å². The molecule has 4 nitrogen and oxygen atoms in total. The second kappa shape index (κ2) is 5.41. The van der Waals surface area contributed by atoms with Crippen molar-refractivity contribution in [3.8, 4) is 0 Å². The Bertz CT molecular complexity index is 330. The Morgan fingerprint density at radius 1 is 1.64 bits per heavy atom. The van der Waals surface area contributed by atoms with Crippen molar-refractivity contribution in [2.75, 3.05) is 30.5 Å². The molecule has 0 atom stereocenters.